The number of imide groups is 1. The maximum atomic E-state index is 12.5. The van der Waals surface area contributed by atoms with E-state index in [2.05, 4.69) is 5.32 Å². The normalized spacial score (nSPS) is 12.5. The van der Waals surface area contributed by atoms with Gasteiger partial charge in [0.05, 0.1) is 30.4 Å². The number of amides is 3. The second-order valence-corrected chi connectivity index (χ2v) is 7.60. The van der Waals surface area contributed by atoms with Crippen LogP contribution in [0.2, 0.25) is 0 Å². The number of anilines is 1. The van der Waals surface area contributed by atoms with Crippen molar-refractivity contribution in [1.29, 1.82) is 0 Å². The van der Waals surface area contributed by atoms with Gasteiger partial charge < -0.3 is 14.8 Å². The molecule has 1 aliphatic heterocycles. The van der Waals surface area contributed by atoms with Gasteiger partial charge in [-0.1, -0.05) is 12.1 Å². The Morgan fingerprint density at radius 3 is 2.23 bits per heavy atom. The molecule has 0 bridgehead atoms. The Bertz CT molecular complexity index is 1050. The van der Waals surface area contributed by atoms with Crippen molar-refractivity contribution in [2.24, 2.45) is 0 Å². The lowest BCUT2D eigenvalue weighted by Gasteiger charge is -2.13. The minimum atomic E-state index is -0.679. The summed E-state index contributed by atoms with van der Waals surface area (Å²) in [4.78, 5) is 62.9. The fraction of sp³-hybridized carbons (Fsp3) is 0.286. The zero-order valence-electron chi connectivity index (χ0n) is 17.1. The number of fused-ring (bicyclic) bond motifs is 1. The van der Waals surface area contributed by atoms with Crippen LogP contribution in [-0.2, 0) is 14.3 Å². The molecule has 10 heteroatoms. The molecule has 0 saturated carbocycles. The molecule has 31 heavy (non-hydrogen) atoms. The minimum Gasteiger partial charge on any atom is -0.465 e. The van der Waals surface area contributed by atoms with E-state index < -0.39 is 29.7 Å². The van der Waals surface area contributed by atoms with Gasteiger partial charge in [-0.15, -0.1) is 11.3 Å². The van der Waals surface area contributed by atoms with Crippen molar-refractivity contribution in [3.05, 3.63) is 51.4 Å². The van der Waals surface area contributed by atoms with E-state index in [0.29, 0.717) is 16.7 Å². The fourth-order valence-electron chi connectivity index (χ4n) is 3.18. The summed E-state index contributed by atoms with van der Waals surface area (Å²) in [6, 6.07) is 6.44. The Kier molecular flexibility index (Phi) is 6.50. The molecule has 0 radical (unpaired) electrons. The summed E-state index contributed by atoms with van der Waals surface area (Å²) in [6.07, 6.45) is -0.182. The second-order valence-electron chi connectivity index (χ2n) is 6.58. The Morgan fingerprint density at radius 1 is 1.06 bits per heavy atom. The van der Waals surface area contributed by atoms with E-state index in [9.17, 15) is 24.0 Å². The summed E-state index contributed by atoms with van der Waals surface area (Å²) in [5, 5.41) is 2.73. The van der Waals surface area contributed by atoms with Crippen molar-refractivity contribution in [3.8, 4) is 0 Å². The second kappa shape index (κ2) is 9.09. The van der Waals surface area contributed by atoms with Crippen LogP contribution in [0.4, 0.5) is 5.00 Å². The standard InChI is InChI=1S/C21H20N2O7S/c1-4-30-20(27)15-11(2)16(21(28)29-3)31-17(15)22-14(24)9-10-23-18(25)12-7-5-6-8-13(12)19(23)26/h5-8H,4,9-10H2,1-3H3,(H,22,24). The predicted octanol–water partition coefficient (Wildman–Crippen LogP) is 2.64. The molecule has 1 aromatic carbocycles. The highest BCUT2D eigenvalue weighted by Crippen LogP contribution is 2.34. The molecule has 0 saturated heterocycles. The molecule has 9 nitrogen and oxygen atoms in total. The number of nitrogens with one attached hydrogen (secondary N) is 1. The number of hydrogen-bond acceptors (Lipinski definition) is 8. The zero-order chi connectivity index (χ0) is 22.7. The van der Waals surface area contributed by atoms with Gasteiger partial charge in [0.15, 0.2) is 0 Å². The van der Waals surface area contributed by atoms with Crippen molar-refractivity contribution in [2.75, 3.05) is 25.6 Å². The number of carbonyl (C=O) groups excluding carboxylic acids is 5. The Balaban J connectivity index is 1.75. The van der Waals surface area contributed by atoms with Gasteiger partial charge >= 0.3 is 11.9 Å². The predicted molar refractivity (Wildman–Crippen MR) is 111 cm³/mol. The molecule has 2 heterocycles. The molecule has 1 N–H and O–H groups in total. The van der Waals surface area contributed by atoms with Crippen molar-refractivity contribution in [2.45, 2.75) is 20.3 Å². The first-order valence-electron chi connectivity index (χ1n) is 9.44. The molecule has 162 valence electrons. The van der Waals surface area contributed by atoms with Crippen LogP contribution in [-0.4, -0.2) is 54.8 Å². The van der Waals surface area contributed by atoms with Crippen LogP contribution in [0.5, 0.6) is 0 Å². The van der Waals surface area contributed by atoms with Crippen LogP contribution < -0.4 is 5.32 Å². The van der Waals surface area contributed by atoms with E-state index in [1.165, 1.54) is 7.11 Å². The van der Waals surface area contributed by atoms with Crippen LogP contribution >= 0.6 is 11.3 Å². The molecule has 0 fully saturated rings. The fourth-order valence-corrected chi connectivity index (χ4v) is 4.31. The number of nitrogens with zero attached hydrogens (tertiary/aromatic N) is 1. The number of rotatable bonds is 7. The van der Waals surface area contributed by atoms with Crippen LogP contribution in [0, 0.1) is 6.92 Å². The topological polar surface area (TPSA) is 119 Å². The zero-order valence-corrected chi connectivity index (χ0v) is 18.0. The third kappa shape index (κ3) is 4.19. The number of methoxy groups -OCH3 is 1. The van der Waals surface area contributed by atoms with Gasteiger partial charge in [0.2, 0.25) is 5.91 Å². The lowest BCUT2D eigenvalue weighted by atomic mass is 10.1. The summed E-state index contributed by atoms with van der Waals surface area (Å²) in [6.45, 7) is 3.19. The van der Waals surface area contributed by atoms with Gasteiger partial charge in [-0.25, -0.2) is 9.59 Å². The Morgan fingerprint density at radius 2 is 1.68 bits per heavy atom. The lowest BCUT2D eigenvalue weighted by Crippen LogP contribution is -2.32. The van der Waals surface area contributed by atoms with Gasteiger partial charge in [0, 0.05) is 13.0 Å². The highest BCUT2D eigenvalue weighted by atomic mass is 32.1. The molecule has 1 aliphatic rings. The molecule has 3 amide bonds. The summed E-state index contributed by atoms with van der Waals surface area (Å²) in [5.74, 6) is -2.76. The van der Waals surface area contributed by atoms with E-state index in [1.54, 1.807) is 38.1 Å². The monoisotopic (exact) mass is 444 g/mol. The Labute approximate surface area is 181 Å². The van der Waals surface area contributed by atoms with Crippen molar-refractivity contribution < 1.29 is 33.4 Å². The summed E-state index contributed by atoms with van der Waals surface area (Å²) < 4.78 is 9.75. The molecular formula is C21H20N2O7S. The van der Waals surface area contributed by atoms with E-state index >= 15 is 0 Å². The maximum absolute atomic E-state index is 12.5. The molecule has 0 unspecified atom stereocenters. The van der Waals surface area contributed by atoms with Crippen LogP contribution in [0.1, 0.15) is 59.7 Å². The van der Waals surface area contributed by atoms with Crippen LogP contribution in [0.3, 0.4) is 0 Å². The van der Waals surface area contributed by atoms with E-state index in [0.717, 1.165) is 16.2 Å². The van der Waals surface area contributed by atoms with E-state index in [1.807, 2.05) is 0 Å². The molecule has 0 aliphatic carbocycles. The SMILES string of the molecule is CCOC(=O)c1c(NC(=O)CCN2C(=O)c3ccccc3C2=O)sc(C(=O)OC)c1C. The van der Waals surface area contributed by atoms with E-state index in [-0.39, 0.29) is 35.0 Å². The molecule has 0 atom stereocenters. The number of benzene rings is 1. The average Bonchev–Trinajstić information content (AvgIpc) is 3.20. The molecule has 0 spiro atoms. The van der Waals surface area contributed by atoms with Crippen molar-refractivity contribution >= 4 is 46.0 Å². The number of hydrogen-bond donors (Lipinski definition) is 1. The maximum Gasteiger partial charge on any atom is 0.348 e. The number of carbonyl (C=O) groups is 5. The van der Waals surface area contributed by atoms with Crippen LogP contribution in [0.25, 0.3) is 0 Å². The highest BCUT2D eigenvalue weighted by Gasteiger charge is 2.35. The first-order valence-corrected chi connectivity index (χ1v) is 10.3. The van der Waals surface area contributed by atoms with Gasteiger partial charge in [-0.05, 0) is 31.5 Å². The molecule has 1 aromatic heterocycles. The Hall–Kier alpha value is -3.53. The highest BCUT2D eigenvalue weighted by molar-refractivity contribution is 7.18. The minimum absolute atomic E-state index is 0.0707. The molecule has 3 rings (SSSR count). The number of esters is 2. The van der Waals surface area contributed by atoms with Crippen LogP contribution in [0.15, 0.2) is 24.3 Å². The molecule has 2 aromatic rings. The third-order valence-corrected chi connectivity index (χ3v) is 5.88. The van der Waals surface area contributed by atoms with Crippen molar-refractivity contribution in [3.63, 3.8) is 0 Å². The number of thiophene rings is 1. The summed E-state index contributed by atoms with van der Waals surface area (Å²) in [5.41, 5.74) is 1.01. The summed E-state index contributed by atoms with van der Waals surface area (Å²) >= 11 is 0.896. The van der Waals surface area contributed by atoms with E-state index in [4.69, 9.17) is 9.47 Å². The van der Waals surface area contributed by atoms with Gasteiger partial charge in [0.25, 0.3) is 11.8 Å². The van der Waals surface area contributed by atoms with Gasteiger partial charge in [0.1, 0.15) is 9.88 Å². The van der Waals surface area contributed by atoms with Gasteiger partial charge in [-0.2, -0.15) is 0 Å². The quantitative estimate of drug-likeness (QED) is 0.515. The van der Waals surface area contributed by atoms with Crippen molar-refractivity contribution in [1.82, 2.24) is 4.90 Å². The molecular weight excluding hydrogens is 424 g/mol. The average molecular weight is 444 g/mol. The first kappa shape index (κ1) is 22.2. The lowest BCUT2D eigenvalue weighted by molar-refractivity contribution is -0.116. The largest absolute Gasteiger partial charge is 0.465 e. The number of ether oxygens (including phenoxy) is 2. The third-order valence-electron chi connectivity index (χ3n) is 4.69. The smallest absolute Gasteiger partial charge is 0.348 e. The van der Waals surface area contributed by atoms with Gasteiger partial charge in [-0.3, -0.25) is 19.3 Å². The first-order chi connectivity index (χ1) is 14.8. The summed E-state index contributed by atoms with van der Waals surface area (Å²) in [7, 11) is 1.21.